The largest absolute Gasteiger partial charge is 0.478 e. The molecule has 1 aromatic carbocycles. The summed E-state index contributed by atoms with van der Waals surface area (Å²) in [7, 11) is 0. The van der Waals surface area contributed by atoms with E-state index in [1.165, 1.54) is 0 Å². The molecule has 1 atom stereocenters. The molecule has 0 spiro atoms. The summed E-state index contributed by atoms with van der Waals surface area (Å²) in [5.41, 5.74) is 1.83. The van der Waals surface area contributed by atoms with Gasteiger partial charge in [0.05, 0.1) is 0 Å². The molecule has 0 radical (unpaired) electrons. The number of carboxylic acids is 1. The second kappa shape index (κ2) is 6.57. The SMILES string of the molecule is CC(C)C1CC(=O)N(Cc2ccccc2/C=C/C(=O)O)C1. The van der Waals surface area contributed by atoms with Crippen LogP contribution in [0.5, 0.6) is 0 Å². The number of hydrogen-bond acceptors (Lipinski definition) is 2. The van der Waals surface area contributed by atoms with Crippen molar-refractivity contribution in [1.29, 1.82) is 0 Å². The predicted molar refractivity (Wildman–Crippen MR) is 81.5 cm³/mol. The molecule has 1 aliphatic heterocycles. The van der Waals surface area contributed by atoms with Gasteiger partial charge in [-0.2, -0.15) is 0 Å². The zero-order chi connectivity index (χ0) is 15.4. The van der Waals surface area contributed by atoms with Gasteiger partial charge in [0.15, 0.2) is 0 Å². The van der Waals surface area contributed by atoms with Gasteiger partial charge in [-0.3, -0.25) is 4.79 Å². The van der Waals surface area contributed by atoms with Crippen molar-refractivity contribution in [2.75, 3.05) is 6.54 Å². The molecule has 1 fully saturated rings. The molecule has 1 aromatic rings. The number of amides is 1. The Balaban J connectivity index is 2.13. The van der Waals surface area contributed by atoms with E-state index < -0.39 is 5.97 Å². The maximum Gasteiger partial charge on any atom is 0.328 e. The summed E-state index contributed by atoms with van der Waals surface area (Å²) < 4.78 is 0. The monoisotopic (exact) mass is 287 g/mol. The maximum atomic E-state index is 12.1. The van der Waals surface area contributed by atoms with Gasteiger partial charge in [0.25, 0.3) is 0 Å². The van der Waals surface area contributed by atoms with Crippen LogP contribution >= 0.6 is 0 Å². The number of hydrogen-bond donors (Lipinski definition) is 1. The summed E-state index contributed by atoms with van der Waals surface area (Å²) in [5, 5.41) is 8.74. The van der Waals surface area contributed by atoms with Gasteiger partial charge in [0.1, 0.15) is 0 Å². The minimum Gasteiger partial charge on any atom is -0.478 e. The molecule has 0 aliphatic carbocycles. The summed E-state index contributed by atoms with van der Waals surface area (Å²) >= 11 is 0. The molecule has 1 aliphatic rings. The molecule has 4 heteroatoms. The molecule has 1 amide bonds. The van der Waals surface area contributed by atoms with E-state index >= 15 is 0 Å². The van der Waals surface area contributed by atoms with Gasteiger partial charge in [-0.1, -0.05) is 38.1 Å². The molecule has 1 unspecified atom stereocenters. The number of nitrogens with zero attached hydrogens (tertiary/aromatic N) is 1. The summed E-state index contributed by atoms with van der Waals surface area (Å²) in [6, 6.07) is 7.59. The number of carbonyl (C=O) groups excluding carboxylic acids is 1. The number of rotatable bonds is 5. The smallest absolute Gasteiger partial charge is 0.328 e. The zero-order valence-electron chi connectivity index (χ0n) is 12.5. The highest BCUT2D eigenvalue weighted by Gasteiger charge is 2.31. The summed E-state index contributed by atoms with van der Waals surface area (Å²) in [4.78, 5) is 24.6. The highest BCUT2D eigenvalue weighted by Crippen LogP contribution is 2.26. The molecule has 1 heterocycles. The van der Waals surface area contributed by atoms with Crippen LogP contribution in [0.3, 0.4) is 0 Å². The van der Waals surface area contributed by atoms with Crippen LogP contribution in [0, 0.1) is 11.8 Å². The Hall–Kier alpha value is -2.10. The Morgan fingerprint density at radius 1 is 1.43 bits per heavy atom. The van der Waals surface area contributed by atoms with E-state index in [1.54, 1.807) is 6.08 Å². The van der Waals surface area contributed by atoms with E-state index in [0.717, 1.165) is 23.7 Å². The van der Waals surface area contributed by atoms with Crippen molar-refractivity contribution in [3.63, 3.8) is 0 Å². The van der Waals surface area contributed by atoms with Crippen LogP contribution < -0.4 is 0 Å². The second-order valence-electron chi connectivity index (χ2n) is 5.85. The van der Waals surface area contributed by atoms with Crippen LogP contribution in [0.2, 0.25) is 0 Å². The van der Waals surface area contributed by atoms with Crippen molar-refractivity contribution >= 4 is 18.0 Å². The van der Waals surface area contributed by atoms with Crippen molar-refractivity contribution in [2.24, 2.45) is 11.8 Å². The van der Waals surface area contributed by atoms with Crippen molar-refractivity contribution in [3.8, 4) is 0 Å². The van der Waals surface area contributed by atoms with Crippen LogP contribution in [0.15, 0.2) is 30.3 Å². The lowest BCUT2D eigenvalue weighted by Crippen LogP contribution is -2.25. The molecule has 0 bridgehead atoms. The lowest BCUT2D eigenvalue weighted by Gasteiger charge is -2.19. The first-order chi connectivity index (χ1) is 9.97. The molecule has 112 valence electrons. The molecular formula is C17H21NO3. The van der Waals surface area contributed by atoms with Crippen molar-refractivity contribution in [3.05, 3.63) is 41.5 Å². The molecule has 0 aromatic heterocycles. The number of likely N-dealkylation sites (tertiary alicyclic amines) is 1. The number of aliphatic carboxylic acids is 1. The summed E-state index contributed by atoms with van der Waals surface area (Å²) in [6.07, 6.45) is 3.32. The topological polar surface area (TPSA) is 57.6 Å². The van der Waals surface area contributed by atoms with E-state index in [4.69, 9.17) is 5.11 Å². The van der Waals surface area contributed by atoms with Crippen LogP contribution in [0.25, 0.3) is 6.08 Å². The van der Waals surface area contributed by atoms with Crippen molar-refractivity contribution in [1.82, 2.24) is 4.90 Å². The molecule has 2 rings (SSSR count). The van der Waals surface area contributed by atoms with Gasteiger partial charge in [0, 0.05) is 25.6 Å². The maximum absolute atomic E-state index is 12.1. The van der Waals surface area contributed by atoms with Crippen LogP contribution in [-0.2, 0) is 16.1 Å². The minimum atomic E-state index is -0.970. The first kappa shape index (κ1) is 15.3. The molecule has 4 nitrogen and oxygen atoms in total. The Morgan fingerprint density at radius 2 is 2.14 bits per heavy atom. The van der Waals surface area contributed by atoms with Gasteiger partial charge < -0.3 is 10.0 Å². The third kappa shape index (κ3) is 3.94. The number of carboxylic acid groups (broad SMARTS) is 1. The first-order valence-corrected chi connectivity index (χ1v) is 7.24. The average molecular weight is 287 g/mol. The van der Waals surface area contributed by atoms with Crippen molar-refractivity contribution in [2.45, 2.75) is 26.8 Å². The van der Waals surface area contributed by atoms with E-state index in [0.29, 0.717) is 24.8 Å². The third-order valence-corrected chi connectivity index (χ3v) is 4.01. The van der Waals surface area contributed by atoms with Crippen LogP contribution in [0.1, 0.15) is 31.4 Å². The van der Waals surface area contributed by atoms with E-state index in [9.17, 15) is 9.59 Å². The average Bonchev–Trinajstić information content (AvgIpc) is 2.79. The van der Waals surface area contributed by atoms with E-state index in [2.05, 4.69) is 13.8 Å². The summed E-state index contributed by atoms with van der Waals surface area (Å²) in [6.45, 7) is 5.62. The Labute approximate surface area is 125 Å². The molecular weight excluding hydrogens is 266 g/mol. The van der Waals surface area contributed by atoms with Crippen LogP contribution in [-0.4, -0.2) is 28.4 Å². The fraction of sp³-hybridized carbons (Fsp3) is 0.412. The molecule has 0 saturated carbocycles. The lowest BCUT2D eigenvalue weighted by molar-refractivity contribution is -0.131. The van der Waals surface area contributed by atoms with Gasteiger partial charge in [-0.15, -0.1) is 0 Å². The van der Waals surface area contributed by atoms with Gasteiger partial charge in [0.2, 0.25) is 5.91 Å². The standard InChI is InChI=1S/C17H21NO3/c1-12(2)15-9-16(19)18(11-15)10-14-6-4-3-5-13(14)7-8-17(20)21/h3-8,12,15H,9-11H2,1-2H3,(H,20,21)/b8-7+. The number of benzene rings is 1. The highest BCUT2D eigenvalue weighted by atomic mass is 16.4. The molecule has 21 heavy (non-hydrogen) atoms. The molecule has 1 N–H and O–H groups in total. The fourth-order valence-electron chi connectivity index (χ4n) is 2.61. The quantitative estimate of drug-likeness (QED) is 0.847. The van der Waals surface area contributed by atoms with E-state index in [-0.39, 0.29) is 5.91 Å². The second-order valence-corrected chi connectivity index (χ2v) is 5.85. The summed E-state index contributed by atoms with van der Waals surface area (Å²) in [5.74, 6) is 0.132. The fourth-order valence-corrected chi connectivity index (χ4v) is 2.61. The normalized spacial score (nSPS) is 18.9. The number of carbonyl (C=O) groups is 2. The van der Waals surface area contributed by atoms with Gasteiger partial charge >= 0.3 is 5.97 Å². The van der Waals surface area contributed by atoms with Gasteiger partial charge in [-0.05, 0) is 29.0 Å². The van der Waals surface area contributed by atoms with E-state index in [1.807, 2.05) is 29.2 Å². The predicted octanol–water partition coefficient (Wildman–Crippen LogP) is 2.79. The lowest BCUT2D eigenvalue weighted by atomic mass is 9.95. The first-order valence-electron chi connectivity index (χ1n) is 7.24. The Bertz CT molecular complexity index is 563. The Kier molecular flexibility index (Phi) is 4.78. The Morgan fingerprint density at radius 3 is 2.76 bits per heavy atom. The van der Waals surface area contributed by atoms with Crippen LogP contribution in [0.4, 0.5) is 0 Å². The van der Waals surface area contributed by atoms with Crippen molar-refractivity contribution < 1.29 is 14.7 Å². The third-order valence-electron chi connectivity index (χ3n) is 4.01. The van der Waals surface area contributed by atoms with Gasteiger partial charge in [-0.25, -0.2) is 4.79 Å². The highest BCUT2D eigenvalue weighted by molar-refractivity contribution is 5.85. The minimum absolute atomic E-state index is 0.186. The molecule has 1 saturated heterocycles. The zero-order valence-corrected chi connectivity index (χ0v) is 12.5.